The Bertz CT molecular complexity index is 822. The molecular weight excluding hydrogens is 342 g/mol. The van der Waals surface area contributed by atoms with Crippen molar-refractivity contribution in [1.29, 1.82) is 0 Å². The molecule has 22 heavy (non-hydrogen) atoms. The molecule has 0 saturated carbocycles. The first-order chi connectivity index (χ1) is 10.7. The Morgan fingerprint density at radius 3 is 2.73 bits per heavy atom. The van der Waals surface area contributed by atoms with Gasteiger partial charge < -0.3 is 4.42 Å². The van der Waals surface area contributed by atoms with Crippen molar-refractivity contribution in [3.63, 3.8) is 0 Å². The van der Waals surface area contributed by atoms with Gasteiger partial charge in [0.05, 0.1) is 0 Å². The van der Waals surface area contributed by atoms with Crippen LogP contribution in [0.1, 0.15) is 16.1 Å². The lowest BCUT2D eigenvalue weighted by Crippen LogP contribution is -1.93. The number of carbonyl (C=O) groups is 1. The Labute approximate surface area is 136 Å². The van der Waals surface area contributed by atoms with Gasteiger partial charge in [0.2, 0.25) is 0 Å². The molecule has 4 heteroatoms. The fourth-order valence-corrected chi connectivity index (χ4v) is 2.49. The number of benzene rings is 1. The Hall–Kier alpha value is -2.46. The Morgan fingerprint density at radius 1 is 1.09 bits per heavy atom. The number of pyridine rings is 1. The third-order valence-electron chi connectivity index (χ3n) is 3.11. The number of carbonyl (C=O) groups excluding carboxylic acids is 1. The second kappa shape index (κ2) is 6.54. The molecule has 0 spiro atoms. The summed E-state index contributed by atoms with van der Waals surface area (Å²) in [5.74, 6) is 1.27. The van der Waals surface area contributed by atoms with Crippen LogP contribution in [0.25, 0.3) is 17.4 Å². The van der Waals surface area contributed by atoms with E-state index in [0.29, 0.717) is 11.3 Å². The molecule has 0 aliphatic rings. The van der Waals surface area contributed by atoms with Crippen LogP contribution < -0.4 is 0 Å². The minimum atomic E-state index is -0.105. The predicted octanol–water partition coefficient (Wildman–Crippen LogP) is 5.00. The van der Waals surface area contributed by atoms with Gasteiger partial charge in [-0.1, -0.05) is 34.1 Å². The van der Waals surface area contributed by atoms with Crippen molar-refractivity contribution >= 4 is 27.8 Å². The summed E-state index contributed by atoms with van der Waals surface area (Å²) in [5.41, 5.74) is 1.53. The first kappa shape index (κ1) is 14.5. The van der Waals surface area contributed by atoms with E-state index in [-0.39, 0.29) is 5.78 Å². The summed E-state index contributed by atoms with van der Waals surface area (Å²) in [7, 11) is 0. The van der Waals surface area contributed by atoms with Crippen LogP contribution in [0.15, 0.2) is 75.9 Å². The minimum Gasteiger partial charge on any atom is -0.457 e. The first-order valence-electron chi connectivity index (χ1n) is 6.71. The van der Waals surface area contributed by atoms with Gasteiger partial charge in [-0.3, -0.25) is 9.78 Å². The van der Waals surface area contributed by atoms with Crippen LogP contribution in [0.2, 0.25) is 0 Å². The molecule has 0 saturated heterocycles. The molecule has 0 aliphatic carbocycles. The van der Waals surface area contributed by atoms with Crippen molar-refractivity contribution in [2.75, 3.05) is 0 Å². The minimum absolute atomic E-state index is 0.105. The molecular formula is C18H12BrNO2. The summed E-state index contributed by atoms with van der Waals surface area (Å²) < 4.78 is 6.72. The van der Waals surface area contributed by atoms with E-state index in [9.17, 15) is 4.79 Å². The zero-order chi connectivity index (χ0) is 15.4. The normalized spacial score (nSPS) is 11.0. The monoisotopic (exact) mass is 353 g/mol. The summed E-state index contributed by atoms with van der Waals surface area (Å²) >= 11 is 3.50. The Balaban J connectivity index is 1.79. The smallest absolute Gasteiger partial charge is 0.187 e. The van der Waals surface area contributed by atoms with Gasteiger partial charge in [0, 0.05) is 28.0 Å². The SMILES string of the molecule is O=C(/C=C/c1ccc(-c2ccccc2Br)o1)c1cccnc1. The lowest BCUT2D eigenvalue weighted by atomic mass is 10.2. The number of furan rings is 1. The van der Waals surface area contributed by atoms with Crippen LogP contribution in [-0.4, -0.2) is 10.8 Å². The molecule has 0 amide bonds. The fraction of sp³-hybridized carbons (Fsp3) is 0. The number of nitrogens with zero attached hydrogens (tertiary/aromatic N) is 1. The maximum absolute atomic E-state index is 12.0. The lowest BCUT2D eigenvalue weighted by Gasteiger charge is -1.99. The van der Waals surface area contributed by atoms with Crippen LogP contribution in [-0.2, 0) is 0 Å². The van der Waals surface area contributed by atoms with E-state index in [0.717, 1.165) is 15.8 Å². The molecule has 2 aromatic heterocycles. The third kappa shape index (κ3) is 3.23. The highest BCUT2D eigenvalue weighted by molar-refractivity contribution is 9.10. The van der Waals surface area contributed by atoms with Crippen LogP contribution in [0.3, 0.4) is 0 Å². The van der Waals surface area contributed by atoms with Gasteiger partial charge in [-0.25, -0.2) is 0 Å². The average Bonchev–Trinajstić information content (AvgIpc) is 3.02. The molecule has 108 valence electrons. The lowest BCUT2D eigenvalue weighted by molar-refractivity contribution is 0.104. The van der Waals surface area contributed by atoms with Crippen molar-refractivity contribution in [2.24, 2.45) is 0 Å². The quantitative estimate of drug-likeness (QED) is 0.489. The number of ketones is 1. The Kier molecular flexibility index (Phi) is 4.30. The maximum Gasteiger partial charge on any atom is 0.187 e. The first-order valence-corrected chi connectivity index (χ1v) is 7.50. The van der Waals surface area contributed by atoms with E-state index in [4.69, 9.17) is 4.42 Å². The number of halogens is 1. The summed E-state index contributed by atoms with van der Waals surface area (Å²) in [6.45, 7) is 0. The van der Waals surface area contributed by atoms with Crippen LogP contribution in [0, 0.1) is 0 Å². The zero-order valence-electron chi connectivity index (χ0n) is 11.6. The number of rotatable bonds is 4. The highest BCUT2D eigenvalue weighted by Gasteiger charge is 2.07. The summed E-state index contributed by atoms with van der Waals surface area (Å²) in [4.78, 5) is 15.9. The van der Waals surface area contributed by atoms with E-state index in [1.165, 1.54) is 6.08 Å². The van der Waals surface area contributed by atoms with Crippen molar-refractivity contribution in [3.8, 4) is 11.3 Å². The highest BCUT2D eigenvalue weighted by atomic mass is 79.9. The van der Waals surface area contributed by atoms with Gasteiger partial charge in [0.1, 0.15) is 11.5 Å². The number of hydrogen-bond acceptors (Lipinski definition) is 3. The molecule has 0 fully saturated rings. The highest BCUT2D eigenvalue weighted by Crippen LogP contribution is 2.29. The molecule has 0 radical (unpaired) electrons. The van der Waals surface area contributed by atoms with E-state index in [1.54, 1.807) is 30.6 Å². The zero-order valence-corrected chi connectivity index (χ0v) is 13.2. The molecule has 0 unspecified atom stereocenters. The van der Waals surface area contributed by atoms with Crippen molar-refractivity contribution in [1.82, 2.24) is 4.98 Å². The van der Waals surface area contributed by atoms with Gasteiger partial charge in [0.25, 0.3) is 0 Å². The number of aromatic nitrogens is 1. The molecule has 1 aromatic carbocycles. The standard InChI is InChI=1S/C18H12BrNO2/c19-16-6-2-1-5-15(16)18-10-8-14(22-18)7-9-17(21)13-4-3-11-20-12-13/h1-12H/b9-7+. The molecule has 2 heterocycles. The third-order valence-corrected chi connectivity index (χ3v) is 3.80. The number of hydrogen-bond donors (Lipinski definition) is 0. The van der Waals surface area contributed by atoms with Gasteiger partial charge in [0.15, 0.2) is 5.78 Å². The van der Waals surface area contributed by atoms with Gasteiger partial charge in [-0.05, 0) is 42.5 Å². The van der Waals surface area contributed by atoms with Crippen molar-refractivity contribution < 1.29 is 9.21 Å². The molecule has 0 N–H and O–H groups in total. The van der Waals surface area contributed by atoms with Gasteiger partial charge in [-0.15, -0.1) is 0 Å². The van der Waals surface area contributed by atoms with Crippen LogP contribution >= 0.6 is 15.9 Å². The molecule has 3 aromatic rings. The van der Waals surface area contributed by atoms with Crippen molar-refractivity contribution in [2.45, 2.75) is 0 Å². The molecule has 0 aliphatic heterocycles. The topological polar surface area (TPSA) is 43.1 Å². The maximum atomic E-state index is 12.0. The molecule has 0 bridgehead atoms. The Morgan fingerprint density at radius 2 is 1.95 bits per heavy atom. The molecule has 0 atom stereocenters. The van der Waals surface area contributed by atoms with E-state index >= 15 is 0 Å². The van der Waals surface area contributed by atoms with E-state index in [1.807, 2.05) is 36.4 Å². The average molecular weight is 354 g/mol. The molecule has 3 nitrogen and oxygen atoms in total. The predicted molar refractivity (Wildman–Crippen MR) is 89.4 cm³/mol. The summed E-state index contributed by atoms with van der Waals surface area (Å²) in [5, 5.41) is 0. The van der Waals surface area contributed by atoms with Crippen LogP contribution in [0.5, 0.6) is 0 Å². The van der Waals surface area contributed by atoms with Crippen LogP contribution in [0.4, 0.5) is 0 Å². The van der Waals surface area contributed by atoms with Gasteiger partial charge >= 0.3 is 0 Å². The van der Waals surface area contributed by atoms with Gasteiger partial charge in [-0.2, -0.15) is 0 Å². The number of allylic oxidation sites excluding steroid dienone is 1. The van der Waals surface area contributed by atoms with E-state index < -0.39 is 0 Å². The van der Waals surface area contributed by atoms with E-state index in [2.05, 4.69) is 20.9 Å². The summed E-state index contributed by atoms with van der Waals surface area (Å²) in [6, 6.07) is 15.0. The second-order valence-corrected chi connectivity index (χ2v) is 5.48. The summed E-state index contributed by atoms with van der Waals surface area (Å²) in [6.07, 6.45) is 6.33. The fourth-order valence-electron chi connectivity index (χ4n) is 2.01. The van der Waals surface area contributed by atoms with Crippen molar-refractivity contribution in [3.05, 3.63) is 82.8 Å². The largest absolute Gasteiger partial charge is 0.457 e. The second-order valence-electron chi connectivity index (χ2n) is 4.62. The molecule has 3 rings (SSSR count).